The largest absolute Gasteiger partial charge is 0.479 e. The Morgan fingerprint density at radius 1 is 1.07 bits per heavy atom. The monoisotopic (exact) mass is 429 g/mol. The van der Waals surface area contributed by atoms with Crippen molar-refractivity contribution in [2.24, 2.45) is 0 Å². The Labute approximate surface area is 180 Å². The Balaban J connectivity index is 1.64. The molecule has 0 fully saturated rings. The molecule has 6 nitrogen and oxygen atoms in total. The molecule has 0 saturated carbocycles. The number of nitrogens with zero attached hydrogens (tertiary/aromatic N) is 1. The molecule has 0 saturated heterocycles. The number of halogens is 1. The van der Waals surface area contributed by atoms with Gasteiger partial charge in [-0.3, -0.25) is 9.59 Å². The summed E-state index contributed by atoms with van der Waals surface area (Å²) in [5.41, 5.74) is 3.00. The smallest absolute Gasteiger partial charge is 0.347 e. The van der Waals surface area contributed by atoms with Crippen molar-refractivity contribution in [2.75, 3.05) is 11.4 Å². The summed E-state index contributed by atoms with van der Waals surface area (Å²) < 4.78 is 11.0. The molecule has 2 aromatic carbocycles. The van der Waals surface area contributed by atoms with Crippen LogP contribution in [0.5, 0.6) is 5.75 Å². The molecule has 2 unspecified atom stereocenters. The maximum atomic E-state index is 12.8. The van der Waals surface area contributed by atoms with Crippen molar-refractivity contribution in [3.05, 3.63) is 58.1 Å². The summed E-state index contributed by atoms with van der Waals surface area (Å²) in [5.74, 6) is -0.437. The van der Waals surface area contributed by atoms with Crippen LogP contribution in [0.25, 0.3) is 0 Å². The lowest BCUT2D eigenvalue weighted by molar-refractivity contribution is -0.153. The molecule has 0 aliphatic carbocycles. The predicted molar refractivity (Wildman–Crippen MR) is 114 cm³/mol. The molecule has 0 N–H and O–H groups in total. The van der Waals surface area contributed by atoms with Gasteiger partial charge in [-0.05, 0) is 74.7 Å². The fourth-order valence-electron chi connectivity index (χ4n) is 3.42. The number of fused-ring (bicyclic) bond motifs is 1. The third-order valence-electron chi connectivity index (χ3n) is 5.07. The number of hydrogen-bond acceptors (Lipinski definition) is 5. The third kappa shape index (κ3) is 4.65. The predicted octanol–water partition coefficient (Wildman–Crippen LogP) is 4.14. The van der Waals surface area contributed by atoms with E-state index in [-0.39, 0.29) is 11.7 Å². The van der Waals surface area contributed by atoms with Gasteiger partial charge >= 0.3 is 5.97 Å². The summed E-state index contributed by atoms with van der Waals surface area (Å²) >= 11 is 5.93. The van der Waals surface area contributed by atoms with Crippen LogP contribution in [0.15, 0.2) is 36.4 Å². The van der Waals surface area contributed by atoms with E-state index in [0.717, 1.165) is 16.8 Å². The molecule has 0 radical (unpaired) electrons. The third-order valence-corrected chi connectivity index (χ3v) is 5.31. The maximum absolute atomic E-state index is 12.8. The topological polar surface area (TPSA) is 72.9 Å². The van der Waals surface area contributed by atoms with Crippen LogP contribution in [-0.2, 0) is 20.7 Å². The van der Waals surface area contributed by atoms with E-state index >= 15 is 0 Å². The van der Waals surface area contributed by atoms with Crippen molar-refractivity contribution >= 4 is 34.9 Å². The molecular weight excluding hydrogens is 406 g/mol. The molecule has 1 heterocycles. The van der Waals surface area contributed by atoms with Crippen LogP contribution in [0.3, 0.4) is 0 Å². The van der Waals surface area contributed by atoms with Crippen molar-refractivity contribution in [1.29, 1.82) is 0 Å². The lowest BCUT2D eigenvalue weighted by Crippen LogP contribution is -2.32. The van der Waals surface area contributed by atoms with Gasteiger partial charge in [0.15, 0.2) is 12.2 Å². The highest BCUT2D eigenvalue weighted by molar-refractivity contribution is 6.30. The molecule has 2 aromatic rings. The molecule has 3 rings (SSSR count). The van der Waals surface area contributed by atoms with Gasteiger partial charge in [0.05, 0.1) is 0 Å². The molecule has 1 aliphatic heterocycles. The Hall–Kier alpha value is -2.86. The molecule has 1 aliphatic rings. The number of anilines is 1. The second-order valence-corrected chi connectivity index (χ2v) is 7.81. The molecule has 0 aromatic heterocycles. The standard InChI is InChI=1S/C23H24ClNO5/c1-13-11-19(24)6-8-21(13)29-15(3)23(28)30-14(2)22(27)18-5-7-20-17(12-18)9-10-25(20)16(4)26/h5-8,11-12,14-15H,9-10H2,1-4H3. The van der Waals surface area contributed by atoms with Gasteiger partial charge in [0.25, 0.3) is 0 Å². The molecule has 158 valence electrons. The summed E-state index contributed by atoms with van der Waals surface area (Å²) in [6, 6.07) is 10.3. The van der Waals surface area contributed by atoms with Crippen molar-refractivity contribution < 1.29 is 23.9 Å². The fraction of sp³-hybridized carbons (Fsp3) is 0.348. The van der Waals surface area contributed by atoms with E-state index in [0.29, 0.717) is 29.3 Å². The van der Waals surface area contributed by atoms with Crippen molar-refractivity contribution in [3.8, 4) is 5.75 Å². The van der Waals surface area contributed by atoms with Gasteiger partial charge in [-0.2, -0.15) is 0 Å². The first-order chi connectivity index (χ1) is 14.2. The van der Waals surface area contributed by atoms with Crippen LogP contribution in [0.2, 0.25) is 5.02 Å². The second-order valence-electron chi connectivity index (χ2n) is 7.38. The molecule has 7 heteroatoms. The Kier molecular flexibility index (Phi) is 6.46. The zero-order chi connectivity index (χ0) is 22.0. The maximum Gasteiger partial charge on any atom is 0.347 e. The summed E-state index contributed by atoms with van der Waals surface area (Å²) in [4.78, 5) is 38.5. The average Bonchev–Trinajstić information content (AvgIpc) is 3.12. The fourth-order valence-corrected chi connectivity index (χ4v) is 3.65. The lowest BCUT2D eigenvalue weighted by Gasteiger charge is -2.19. The van der Waals surface area contributed by atoms with Crippen LogP contribution >= 0.6 is 11.6 Å². The number of hydrogen-bond donors (Lipinski definition) is 0. The number of ketones is 1. The van der Waals surface area contributed by atoms with E-state index in [1.165, 1.54) is 13.8 Å². The zero-order valence-electron chi connectivity index (χ0n) is 17.4. The first-order valence-corrected chi connectivity index (χ1v) is 10.1. The lowest BCUT2D eigenvalue weighted by atomic mass is 10.0. The van der Waals surface area contributed by atoms with Gasteiger partial charge < -0.3 is 14.4 Å². The molecule has 1 amide bonds. The SMILES string of the molecule is CC(=O)N1CCc2cc(C(=O)C(C)OC(=O)C(C)Oc3ccc(Cl)cc3C)ccc21. The highest BCUT2D eigenvalue weighted by atomic mass is 35.5. The number of carbonyl (C=O) groups is 3. The minimum Gasteiger partial charge on any atom is -0.479 e. The minimum absolute atomic E-state index is 0.0277. The van der Waals surface area contributed by atoms with Crippen molar-refractivity contribution in [3.63, 3.8) is 0 Å². The van der Waals surface area contributed by atoms with E-state index < -0.39 is 18.2 Å². The molecule has 0 bridgehead atoms. The normalized spacial score (nSPS) is 14.6. The Morgan fingerprint density at radius 2 is 1.80 bits per heavy atom. The van der Waals surface area contributed by atoms with Crippen molar-refractivity contribution in [2.45, 2.75) is 46.3 Å². The van der Waals surface area contributed by atoms with Crippen LogP contribution in [0.4, 0.5) is 5.69 Å². The number of aryl methyl sites for hydroxylation is 1. The number of benzene rings is 2. The average molecular weight is 430 g/mol. The highest BCUT2D eigenvalue weighted by Gasteiger charge is 2.27. The number of Topliss-reactive ketones (excluding diaryl/α,β-unsaturated/α-hetero) is 1. The van der Waals surface area contributed by atoms with Crippen LogP contribution < -0.4 is 9.64 Å². The van der Waals surface area contributed by atoms with Gasteiger partial charge in [-0.1, -0.05) is 11.6 Å². The van der Waals surface area contributed by atoms with Gasteiger partial charge in [0, 0.05) is 29.7 Å². The summed E-state index contributed by atoms with van der Waals surface area (Å²) in [7, 11) is 0. The number of ether oxygens (including phenoxy) is 2. The summed E-state index contributed by atoms with van der Waals surface area (Å²) in [5, 5.41) is 0.579. The molecule has 2 atom stereocenters. The van der Waals surface area contributed by atoms with E-state index in [2.05, 4.69) is 0 Å². The van der Waals surface area contributed by atoms with E-state index in [1.807, 2.05) is 6.92 Å². The second kappa shape index (κ2) is 8.88. The molecular formula is C23H24ClNO5. The number of amides is 1. The zero-order valence-corrected chi connectivity index (χ0v) is 18.2. The van der Waals surface area contributed by atoms with Crippen LogP contribution in [0, 0.1) is 6.92 Å². The quantitative estimate of drug-likeness (QED) is 0.509. The summed E-state index contributed by atoms with van der Waals surface area (Å²) in [6.07, 6.45) is -1.15. The Morgan fingerprint density at radius 3 is 2.47 bits per heavy atom. The van der Waals surface area contributed by atoms with Gasteiger partial charge in [0.2, 0.25) is 11.7 Å². The first-order valence-electron chi connectivity index (χ1n) is 9.76. The molecule has 30 heavy (non-hydrogen) atoms. The number of carbonyl (C=O) groups excluding carboxylic acids is 3. The molecule has 0 spiro atoms. The summed E-state index contributed by atoms with van der Waals surface area (Å²) in [6.45, 7) is 7.05. The first kappa shape index (κ1) is 21.8. The number of esters is 1. The highest BCUT2D eigenvalue weighted by Crippen LogP contribution is 2.29. The van der Waals surface area contributed by atoms with E-state index in [4.69, 9.17) is 21.1 Å². The van der Waals surface area contributed by atoms with Crippen LogP contribution in [-0.4, -0.2) is 36.4 Å². The Bertz CT molecular complexity index is 1000. The van der Waals surface area contributed by atoms with Gasteiger partial charge in [-0.25, -0.2) is 4.79 Å². The van der Waals surface area contributed by atoms with Gasteiger partial charge in [-0.15, -0.1) is 0 Å². The minimum atomic E-state index is -0.960. The van der Waals surface area contributed by atoms with E-state index in [9.17, 15) is 14.4 Å². The van der Waals surface area contributed by atoms with Crippen LogP contribution in [0.1, 0.15) is 42.3 Å². The number of rotatable bonds is 6. The van der Waals surface area contributed by atoms with Crippen molar-refractivity contribution in [1.82, 2.24) is 0 Å². The van der Waals surface area contributed by atoms with E-state index in [1.54, 1.807) is 48.2 Å². The van der Waals surface area contributed by atoms with Gasteiger partial charge in [0.1, 0.15) is 5.75 Å².